The van der Waals surface area contributed by atoms with Crippen LogP contribution in [0.15, 0.2) is 58.7 Å². The normalized spacial score (nSPS) is 12.0. The van der Waals surface area contributed by atoms with Crippen LogP contribution in [0, 0.1) is 0 Å². The SMILES string of the molecule is CC(=O)c1nn(-c2ccc(Cl)cc2)c(=NN=Cc2ccc(O)cc2)s1. The number of aromatic nitrogens is 2. The highest BCUT2D eigenvalue weighted by atomic mass is 35.5. The Morgan fingerprint density at radius 1 is 1.20 bits per heavy atom. The van der Waals surface area contributed by atoms with Gasteiger partial charge in [-0.2, -0.15) is 10.2 Å². The van der Waals surface area contributed by atoms with Crippen LogP contribution in [-0.2, 0) is 0 Å². The van der Waals surface area contributed by atoms with E-state index in [-0.39, 0.29) is 11.5 Å². The largest absolute Gasteiger partial charge is 0.508 e. The van der Waals surface area contributed by atoms with Crippen LogP contribution in [-0.4, -0.2) is 26.9 Å². The highest BCUT2D eigenvalue weighted by Gasteiger charge is 2.10. The third-order valence-electron chi connectivity index (χ3n) is 3.18. The van der Waals surface area contributed by atoms with Gasteiger partial charge >= 0.3 is 0 Å². The van der Waals surface area contributed by atoms with E-state index in [2.05, 4.69) is 15.3 Å². The second-order valence-electron chi connectivity index (χ2n) is 5.07. The zero-order chi connectivity index (χ0) is 17.8. The van der Waals surface area contributed by atoms with E-state index >= 15 is 0 Å². The first-order chi connectivity index (χ1) is 12.0. The summed E-state index contributed by atoms with van der Waals surface area (Å²) in [5, 5.41) is 22.7. The summed E-state index contributed by atoms with van der Waals surface area (Å²) < 4.78 is 1.55. The van der Waals surface area contributed by atoms with Gasteiger partial charge in [0.2, 0.25) is 4.80 Å². The molecule has 0 radical (unpaired) electrons. The van der Waals surface area contributed by atoms with Crippen molar-refractivity contribution < 1.29 is 9.90 Å². The van der Waals surface area contributed by atoms with Gasteiger partial charge in [0, 0.05) is 11.9 Å². The Kier molecular flexibility index (Phi) is 5.06. The van der Waals surface area contributed by atoms with E-state index in [0.717, 1.165) is 22.6 Å². The molecule has 8 heteroatoms. The van der Waals surface area contributed by atoms with Gasteiger partial charge in [-0.05, 0) is 54.1 Å². The van der Waals surface area contributed by atoms with E-state index in [4.69, 9.17) is 11.6 Å². The van der Waals surface area contributed by atoms with Gasteiger partial charge < -0.3 is 5.11 Å². The molecular formula is C17H13ClN4O2S. The molecule has 126 valence electrons. The van der Waals surface area contributed by atoms with Gasteiger partial charge in [0.05, 0.1) is 11.9 Å². The van der Waals surface area contributed by atoms with Crippen molar-refractivity contribution >= 4 is 34.9 Å². The van der Waals surface area contributed by atoms with Crippen molar-refractivity contribution in [2.45, 2.75) is 6.92 Å². The Hall–Kier alpha value is -2.77. The average molecular weight is 373 g/mol. The van der Waals surface area contributed by atoms with E-state index in [0.29, 0.717) is 14.8 Å². The Labute approximate surface area is 152 Å². The molecule has 0 saturated carbocycles. The number of halogens is 1. The number of hydrogen-bond acceptors (Lipinski definition) is 6. The molecule has 0 atom stereocenters. The molecule has 0 fully saturated rings. The summed E-state index contributed by atoms with van der Waals surface area (Å²) >= 11 is 7.06. The van der Waals surface area contributed by atoms with Gasteiger partial charge in [0.25, 0.3) is 0 Å². The third kappa shape index (κ3) is 4.20. The predicted molar refractivity (Wildman–Crippen MR) is 97.7 cm³/mol. The zero-order valence-corrected chi connectivity index (χ0v) is 14.7. The fourth-order valence-electron chi connectivity index (χ4n) is 1.94. The summed E-state index contributed by atoms with van der Waals surface area (Å²) in [6, 6.07) is 13.6. The number of hydrogen-bond donors (Lipinski definition) is 1. The zero-order valence-electron chi connectivity index (χ0n) is 13.1. The van der Waals surface area contributed by atoms with Crippen LogP contribution in [0.4, 0.5) is 0 Å². The first-order valence-electron chi connectivity index (χ1n) is 7.26. The topological polar surface area (TPSA) is 79.8 Å². The summed E-state index contributed by atoms with van der Waals surface area (Å²) in [5.74, 6) is 0.0416. The van der Waals surface area contributed by atoms with Crippen molar-refractivity contribution in [1.82, 2.24) is 9.78 Å². The number of rotatable bonds is 4. The predicted octanol–water partition coefficient (Wildman–Crippen LogP) is 3.43. The Morgan fingerprint density at radius 3 is 2.52 bits per heavy atom. The monoisotopic (exact) mass is 372 g/mol. The molecule has 0 spiro atoms. The maximum absolute atomic E-state index is 11.6. The lowest BCUT2D eigenvalue weighted by Gasteiger charge is -2.00. The fourth-order valence-corrected chi connectivity index (χ4v) is 2.83. The van der Waals surface area contributed by atoms with Crippen molar-refractivity contribution in [3.8, 4) is 11.4 Å². The molecular weight excluding hydrogens is 360 g/mol. The number of aromatic hydroxyl groups is 1. The summed E-state index contributed by atoms with van der Waals surface area (Å²) in [5.41, 5.74) is 1.52. The molecule has 3 aromatic rings. The van der Waals surface area contributed by atoms with Crippen molar-refractivity contribution in [2.75, 3.05) is 0 Å². The van der Waals surface area contributed by atoms with E-state index in [1.54, 1.807) is 59.4 Å². The summed E-state index contributed by atoms with van der Waals surface area (Å²) in [7, 11) is 0. The van der Waals surface area contributed by atoms with Crippen molar-refractivity contribution in [3.05, 3.63) is 68.9 Å². The molecule has 0 unspecified atom stereocenters. The second-order valence-corrected chi connectivity index (χ2v) is 6.46. The smallest absolute Gasteiger partial charge is 0.233 e. The number of nitrogens with zero attached hydrogens (tertiary/aromatic N) is 4. The lowest BCUT2D eigenvalue weighted by molar-refractivity contribution is 0.101. The van der Waals surface area contributed by atoms with Crippen molar-refractivity contribution in [1.29, 1.82) is 0 Å². The average Bonchev–Trinajstić information content (AvgIpc) is 3.02. The Bertz CT molecular complexity index is 989. The summed E-state index contributed by atoms with van der Waals surface area (Å²) in [6.07, 6.45) is 1.55. The van der Waals surface area contributed by atoms with Gasteiger partial charge in [0.15, 0.2) is 10.8 Å². The first-order valence-corrected chi connectivity index (χ1v) is 8.45. The first kappa shape index (κ1) is 17.1. The number of Topliss-reactive ketones (excluding diaryl/α,β-unsaturated/α-hetero) is 1. The maximum Gasteiger partial charge on any atom is 0.233 e. The minimum atomic E-state index is -0.142. The quantitative estimate of drug-likeness (QED) is 0.433. The van der Waals surface area contributed by atoms with Crippen LogP contribution in [0.3, 0.4) is 0 Å². The van der Waals surface area contributed by atoms with E-state index in [1.807, 2.05) is 0 Å². The van der Waals surface area contributed by atoms with Gasteiger partial charge in [-0.1, -0.05) is 22.9 Å². The number of phenols is 1. The van der Waals surface area contributed by atoms with Gasteiger partial charge in [-0.25, -0.2) is 4.68 Å². The molecule has 1 N–H and O–H groups in total. The number of benzene rings is 2. The standard InChI is InChI=1S/C17H13ClN4O2S/c1-11(23)16-21-22(14-6-4-13(18)5-7-14)17(25-16)20-19-10-12-2-8-15(24)9-3-12/h2-10,24H,1H3. The molecule has 0 amide bonds. The van der Waals surface area contributed by atoms with Gasteiger partial charge in [-0.15, -0.1) is 5.10 Å². The molecule has 1 aromatic heterocycles. The van der Waals surface area contributed by atoms with E-state index in [9.17, 15) is 9.90 Å². The molecule has 2 aromatic carbocycles. The number of ketones is 1. The van der Waals surface area contributed by atoms with Crippen LogP contribution < -0.4 is 4.80 Å². The Balaban J connectivity index is 2.00. The number of carbonyl (C=O) groups is 1. The van der Waals surface area contributed by atoms with Crippen LogP contribution in [0.2, 0.25) is 5.02 Å². The number of carbonyl (C=O) groups excluding carboxylic acids is 1. The van der Waals surface area contributed by atoms with Crippen LogP contribution in [0.1, 0.15) is 22.3 Å². The van der Waals surface area contributed by atoms with Gasteiger partial charge in [0.1, 0.15) is 5.75 Å². The lowest BCUT2D eigenvalue weighted by Crippen LogP contribution is -2.13. The summed E-state index contributed by atoms with van der Waals surface area (Å²) in [4.78, 5) is 12.1. The van der Waals surface area contributed by atoms with Crippen LogP contribution in [0.5, 0.6) is 5.75 Å². The van der Waals surface area contributed by atoms with E-state index < -0.39 is 0 Å². The van der Waals surface area contributed by atoms with E-state index in [1.165, 1.54) is 6.92 Å². The molecule has 25 heavy (non-hydrogen) atoms. The van der Waals surface area contributed by atoms with Gasteiger partial charge in [-0.3, -0.25) is 4.79 Å². The third-order valence-corrected chi connectivity index (χ3v) is 4.43. The lowest BCUT2D eigenvalue weighted by atomic mass is 10.2. The maximum atomic E-state index is 11.6. The number of phenolic OH excluding ortho intramolecular Hbond substituents is 1. The highest BCUT2D eigenvalue weighted by Crippen LogP contribution is 2.13. The highest BCUT2D eigenvalue weighted by molar-refractivity contribution is 7.10. The molecule has 0 saturated heterocycles. The molecule has 0 aliphatic rings. The van der Waals surface area contributed by atoms with Crippen LogP contribution >= 0.6 is 22.9 Å². The molecule has 0 aliphatic heterocycles. The molecule has 0 aliphatic carbocycles. The molecule has 1 heterocycles. The van der Waals surface area contributed by atoms with Crippen LogP contribution in [0.25, 0.3) is 5.69 Å². The van der Waals surface area contributed by atoms with Crippen molar-refractivity contribution in [2.24, 2.45) is 10.2 Å². The minimum absolute atomic E-state index is 0.142. The second kappa shape index (κ2) is 7.42. The molecule has 6 nitrogen and oxygen atoms in total. The Morgan fingerprint density at radius 2 is 1.88 bits per heavy atom. The van der Waals surface area contributed by atoms with Crippen molar-refractivity contribution in [3.63, 3.8) is 0 Å². The fraction of sp³-hybridized carbons (Fsp3) is 0.0588. The summed E-state index contributed by atoms with van der Waals surface area (Å²) in [6.45, 7) is 1.45. The molecule has 3 rings (SSSR count). The minimum Gasteiger partial charge on any atom is -0.508 e. The molecule has 0 bridgehead atoms.